The summed E-state index contributed by atoms with van der Waals surface area (Å²) in [6.45, 7) is 0.381. The first-order valence-electron chi connectivity index (χ1n) is 7.20. The van der Waals surface area contributed by atoms with Gasteiger partial charge in [-0.05, 0) is 48.6 Å². The summed E-state index contributed by atoms with van der Waals surface area (Å²) in [5, 5.41) is 10.1. The van der Waals surface area contributed by atoms with Crippen LogP contribution in [0, 0.1) is 0 Å². The zero-order valence-electron chi connectivity index (χ0n) is 12.1. The minimum atomic E-state index is -0.368. The first kappa shape index (κ1) is 13.9. The van der Waals surface area contributed by atoms with Gasteiger partial charge in [-0.3, -0.25) is 0 Å². The highest BCUT2D eigenvalue weighted by Crippen LogP contribution is 2.32. The van der Waals surface area contributed by atoms with Gasteiger partial charge in [0.1, 0.15) is 12.4 Å². The Morgan fingerprint density at radius 2 is 2.19 bits per heavy atom. The molecule has 1 atom stereocenters. The summed E-state index contributed by atoms with van der Waals surface area (Å²) in [6.07, 6.45) is 2.53. The van der Waals surface area contributed by atoms with E-state index in [1.807, 2.05) is 30.3 Å². The summed E-state index contributed by atoms with van der Waals surface area (Å²) in [7, 11) is 1.60. The van der Waals surface area contributed by atoms with E-state index in [0.717, 1.165) is 36.3 Å². The summed E-state index contributed by atoms with van der Waals surface area (Å²) in [4.78, 5) is 4.31. The van der Waals surface area contributed by atoms with Gasteiger partial charge in [-0.15, -0.1) is 0 Å². The minimum absolute atomic E-state index is 0.368. The molecule has 1 aromatic carbocycles. The maximum Gasteiger partial charge on any atom is 0.213 e. The number of rotatable bonds is 4. The first-order valence-corrected chi connectivity index (χ1v) is 7.20. The van der Waals surface area contributed by atoms with Crippen molar-refractivity contribution >= 4 is 0 Å². The van der Waals surface area contributed by atoms with E-state index in [0.29, 0.717) is 12.5 Å². The molecule has 0 saturated heterocycles. The number of fused-ring (bicyclic) bond motifs is 1. The normalized spacial score (nSPS) is 17.1. The van der Waals surface area contributed by atoms with E-state index < -0.39 is 0 Å². The number of methoxy groups -OCH3 is 1. The van der Waals surface area contributed by atoms with Crippen LogP contribution in [0.2, 0.25) is 0 Å². The number of aliphatic hydroxyl groups excluding tert-OH is 1. The van der Waals surface area contributed by atoms with E-state index in [1.54, 1.807) is 13.2 Å². The lowest BCUT2D eigenvalue weighted by molar-refractivity contribution is 0.156. The fraction of sp³-hybridized carbons (Fsp3) is 0.353. The van der Waals surface area contributed by atoms with Gasteiger partial charge in [-0.2, -0.15) is 0 Å². The molecular formula is C17H19NO3. The number of pyridine rings is 1. The van der Waals surface area contributed by atoms with Gasteiger partial charge >= 0.3 is 0 Å². The Balaban J connectivity index is 1.72. The molecule has 3 rings (SSSR count). The Morgan fingerprint density at radius 3 is 3.05 bits per heavy atom. The fourth-order valence-corrected chi connectivity index (χ4v) is 2.65. The highest BCUT2D eigenvalue weighted by molar-refractivity contribution is 5.38. The van der Waals surface area contributed by atoms with E-state index in [4.69, 9.17) is 9.47 Å². The van der Waals surface area contributed by atoms with E-state index >= 15 is 0 Å². The van der Waals surface area contributed by atoms with Crippen molar-refractivity contribution in [3.8, 4) is 11.6 Å². The van der Waals surface area contributed by atoms with Crippen LogP contribution in [0.1, 0.15) is 35.8 Å². The fourth-order valence-electron chi connectivity index (χ4n) is 2.65. The molecule has 1 aliphatic carbocycles. The third-order valence-electron chi connectivity index (χ3n) is 3.78. The Hall–Kier alpha value is -2.07. The van der Waals surface area contributed by atoms with Gasteiger partial charge in [-0.1, -0.05) is 12.1 Å². The first-order chi connectivity index (χ1) is 10.3. The maximum atomic E-state index is 10.1. The third-order valence-corrected chi connectivity index (χ3v) is 3.78. The molecule has 0 spiro atoms. The maximum absolute atomic E-state index is 10.1. The summed E-state index contributed by atoms with van der Waals surface area (Å²) < 4.78 is 10.9. The molecule has 2 aromatic rings. The van der Waals surface area contributed by atoms with Crippen LogP contribution >= 0.6 is 0 Å². The molecule has 4 nitrogen and oxygen atoms in total. The second-order valence-electron chi connectivity index (χ2n) is 5.23. The lowest BCUT2D eigenvalue weighted by Crippen LogP contribution is -2.09. The minimum Gasteiger partial charge on any atom is -0.487 e. The molecule has 1 aromatic heterocycles. The van der Waals surface area contributed by atoms with Crippen LogP contribution in [-0.4, -0.2) is 17.2 Å². The molecule has 110 valence electrons. The van der Waals surface area contributed by atoms with Crippen LogP contribution in [0.25, 0.3) is 0 Å². The topological polar surface area (TPSA) is 51.6 Å². The van der Waals surface area contributed by atoms with E-state index in [-0.39, 0.29) is 6.10 Å². The average molecular weight is 285 g/mol. The smallest absolute Gasteiger partial charge is 0.213 e. The van der Waals surface area contributed by atoms with Crippen LogP contribution in [0.15, 0.2) is 36.4 Å². The van der Waals surface area contributed by atoms with Gasteiger partial charge in [0.15, 0.2) is 0 Å². The van der Waals surface area contributed by atoms with Crippen molar-refractivity contribution in [2.75, 3.05) is 7.11 Å². The van der Waals surface area contributed by atoms with Crippen molar-refractivity contribution in [1.82, 2.24) is 4.98 Å². The molecule has 1 aliphatic rings. The van der Waals surface area contributed by atoms with Crippen molar-refractivity contribution in [2.24, 2.45) is 0 Å². The zero-order valence-corrected chi connectivity index (χ0v) is 12.1. The van der Waals surface area contributed by atoms with Crippen LogP contribution in [-0.2, 0) is 13.0 Å². The molecule has 4 heteroatoms. The molecular weight excluding hydrogens is 266 g/mol. The number of aromatic nitrogens is 1. The molecule has 1 N–H and O–H groups in total. The Bertz CT molecular complexity index is 627. The van der Waals surface area contributed by atoms with Crippen molar-refractivity contribution < 1.29 is 14.6 Å². The van der Waals surface area contributed by atoms with Gasteiger partial charge in [0.05, 0.1) is 18.9 Å². The van der Waals surface area contributed by atoms with Crippen LogP contribution in [0.4, 0.5) is 0 Å². The molecule has 0 fully saturated rings. The lowest BCUT2D eigenvalue weighted by Gasteiger charge is -2.21. The standard InChI is InChI=1S/C17H19NO3/c1-20-17-7-3-5-13(18-17)11-21-14-9-8-12-4-2-6-16(19)15(12)10-14/h3,5,7-10,16,19H,2,4,6,11H2,1H3. The lowest BCUT2D eigenvalue weighted by atomic mass is 9.89. The van der Waals surface area contributed by atoms with Gasteiger partial charge in [0.25, 0.3) is 0 Å². The number of aliphatic hydroxyl groups is 1. The summed E-state index contributed by atoms with van der Waals surface area (Å²) in [5.74, 6) is 1.34. The number of benzene rings is 1. The van der Waals surface area contributed by atoms with E-state index in [9.17, 15) is 5.11 Å². The molecule has 0 bridgehead atoms. The molecule has 0 saturated carbocycles. The molecule has 0 aliphatic heterocycles. The monoisotopic (exact) mass is 285 g/mol. The molecule has 1 unspecified atom stereocenters. The van der Waals surface area contributed by atoms with Gasteiger partial charge < -0.3 is 14.6 Å². The second kappa shape index (κ2) is 6.14. The van der Waals surface area contributed by atoms with Crippen molar-refractivity contribution in [2.45, 2.75) is 32.0 Å². The molecule has 1 heterocycles. The summed E-state index contributed by atoms with van der Waals surface area (Å²) in [6, 6.07) is 11.5. The van der Waals surface area contributed by atoms with Gasteiger partial charge in [0, 0.05) is 6.07 Å². The Kier molecular flexibility index (Phi) is 4.06. The quantitative estimate of drug-likeness (QED) is 0.938. The van der Waals surface area contributed by atoms with Crippen LogP contribution in [0.3, 0.4) is 0 Å². The average Bonchev–Trinajstić information content (AvgIpc) is 2.54. The number of hydrogen-bond acceptors (Lipinski definition) is 4. The third kappa shape index (κ3) is 3.16. The van der Waals surface area contributed by atoms with Crippen molar-refractivity contribution in [3.63, 3.8) is 0 Å². The number of hydrogen-bond donors (Lipinski definition) is 1. The van der Waals surface area contributed by atoms with Crippen molar-refractivity contribution in [3.05, 3.63) is 53.2 Å². The number of nitrogens with zero attached hydrogens (tertiary/aromatic N) is 1. The predicted octanol–water partition coefficient (Wildman–Crippen LogP) is 3.04. The van der Waals surface area contributed by atoms with Gasteiger partial charge in [-0.25, -0.2) is 4.98 Å². The van der Waals surface area contributed by atoms with Crippen molar-refractivity contribution in [1.29, 1.82) is 0 Å². The predicted molar refractivity (Wildman–Crippen MR) is 79.5 cm³/mol. The number of ether oxygens (including phenoxy) is 2. The Labute approximate surface area is 124 Å². The largest absolute Gasteiger partial charge is 0.487 e. The highest BCUT2D eigenvalue weighted by atomic mass is 16.5. The SMILES string of the molecule is COc1cccc(COc2ccc3c(c2)C(O)CCC3)n1. The van der Waals surface area contributed by atoms with E-state index in [1.165, 1.54) is 5.56 Å². The molecule has 0 amide bonds. The second-order valence-corrected chi connectivity index (χ2v) is 5.23. The number of aryl methyl sites for hydroxylation is 1. The Morgan fingerprint density at radius 1 is 1.29 bits per heavy atom. The summed E-state index contributed by atoms with van der Waals surface area (Å²) >= 11 is 0. The molecule has 0 radical (unpaired) electrons. The van der Waals surface area contributed by atoms with E-state index in [2.05, 4.69) is 4.98 Å². The zero-order chi connectivity index (χ0) is 14.7. The molecule has 21 heavy (non-hydrogen) atoms. The van der Waals surface area contributed by atoms with Crippen LogP contribution in [0.5, 0.6) is 11.6 Å². The van der Waals surface area contributed by atoms with Gasteiger partial charge in [0.2, 0.25) is 5.88 Å². The highest BCUT2D eigenvalue weighted by Gasteiger charge is 2.18. The summed E-state index contributed by atoms with van der Waals surface area (Å²) in [5.41, 5.74) is 3.03. The van der Waals surface area contributed by atoms with Crippen LogP contribution < -0.4 is 9.47 Å².